The molecule has 0 aromatic heterocycles. The second-order valence-electron chi connectivity index (χ2n) is 5.76. The number of carbonyl (C=O) groups excluding carboxylic acids is 1. The molecule has 0 radical (unpaired) electrons. The van der Waals surface area contributed by atoms with Crippen LogP contribution < -0.4 is 5.32 Å². The second kappa shape index (κ2) is 5.74. The van der Waals surface area contributed by atoms with E-state index in [0.717, 1.165) is 31.1 Å². The Bertz CT molecular complexity index is 426. The maximum absolute atomic E-state index is 12.1. The van der Waals surface area contributed by atoms with Crippen LogP contribution in [0.25, 0.3) is 0 Å². The molecule has 1 aromatic rings. The number of likely N-dealkylation sites (tertiary alicyclic amines) is 1. The number of hydrogen-bond acceptors (Lipinski definition) is 2. The third-order valence-corrected chi connectivity index (χ3v) is 4.43. The predicted octanol–water partition coefficient (Wildman–Crippen LogP) is 2.43. The fourth-order valence-corrected chi connectivity index (χ4v) is 3.36. The smallest absolute Gasteiger partial charge is 0.251 e. The van der Waals surface area contributed by atoms with Gasteiger partial charge in [0.2, 0.25) is 0 Å². The number of hydrogen-bond donors (Lipinski definition) is 1. The van der Waals surface area contributed by atoms with Crippen LogP contribution in [-0.2, 0) is 0 Å². The summed E-state index contributed by atoms with van der Waals surface area (Å²) in [7, 11) is 0. The van der Waals surface area contributed by atoms with Crippen molar-refractivity contribution in [2.24, 2.45) is 0 Å². The Hall–Kier alpha value is -1.35. The molecule has 1 saturated heterocycles. The molecule has 19 heavy (non-hydrogen) atoms. The minimum absolute atomic E-state index is 0.0684. The molecule has 3 heteroatoms. The number of rotatable bonds is 3. The normalized spacial score (nSPS) is 24.7. The number of nitrogens with zero attached hydrogens (tertiary/aromatic N) is 1. The SMILES string of the molecule is O=C(NC1CCN(C2CCCC2)C1)c1ccccc1. The molecule has 2 fully saturated rings. The summed E-state index contributed by atoms with van der Waals surface area (Å²) in [5.74, 6) is 0.0684. The first-order valence-electron chi connectivity index (χ1n) is 7.43. The minimum atomic E-state index is 0.0684. The Morgan fingerprint density at radius 1 is 1.11 bits per heavy atom. The van der Waals surface area contributed by atoms with Crippen molar-refractivity contribution in [2.45, 2.75) is 44.2 Å². The summed E-state index contributed by atoms with van der Waals surface area (Å²) in [5.41, 5.74) is 0.766. The van der Waals surface area contributed by atoms with E-state index in [2.05, 4.69) is 10.2 Å². The zero-order chi connectivity index (χ0) is 13.1. The second-order valence-corrected chi connectivity index (χ2v) is 5.76. The molecule has 1 aromatic carbocycles. The van der Waals surface area contributed by atoms with Crippen molar-refractivity contribution in [3.63, 3.8) is 0 Å². The summed E-state index contributed by atoms with van der Waals surface area (Å²) in [6.07, 6.45) is 6.54. The molecule has 1 atom stereocenters. The standard InChI is InChI=1S/C16H22N2O/c19-16(13-6-2-1-3-7-13)17-14-10-11-18(12-14)15-8-4-5-9-15/h1-3,6-7,14-15H,4-5,8-12H2,(H,17,19). The van der Waals surface area contributed by atoms with Gasteiger partial charge in [0.15, 0.2) is 0 Å². The molecule has 1 aliphatic heterocycles. The Morgan fingerprint density at radius 3 is 2.58 bits per heavy atom. The lowest BCUT2D eigenvalue weighted by Gasteiger charge is -2.23. The number of benzene rings is 1. The minimum Gasteiger partial charge on any atom is -0.348 e. The molecule has 1 N–H and O–H groups in total. The van der Waals surface area contributed by atoms with Gasteiger partial charge in [0.05, 0.1) is 0 Å². The van der Waals surface area contributed by atoms with Gasteiger partial charge in [-0.1, -0.05) is 31.0 Å². The molecule has 2 aliphatic rings. The highest BCUT2D eigenvalue weighted by Crippen LogP contribution is 2.26. The third kappa shape index (κ3) is 2.98. The van der Waals surface area contributed by atoms with E-state index in [4.69, 9.17) is 0 Å². The van der Waals surface area contributed by atoms with Gasteiger partial charge in [0.1, 0.15) is 0 Å². The summed E-state index contributed by atoms with van der Waals surface area (Å²) in [5, 5.41) is 3.17. The molecule has 102 valence electrons. The van der Waals surface area contributed by atoms with Crippen LogP contribution in [0.3, 0.4) is 0 Å². The molecule has 3 rings (SSSR count). The van der Waals surface area contributed by atoms with Gasteiger partial charge in [-0.15, -0.1) is 0 Å². The van der Waals surface area contributed by atoms with Crippen LogP contribution in [0.4, 0.5) is 0 Å². The monoisotopic (exact) mass is 258 g/mol. The third-order valence-electron chi connectivity index (χ3n) is 4.43. The van der Waals surface area contributed by atoms with Gasteiger partial charge in [0, 0.05) is 30.7 Å². The van der Waals surface area contributed by atoms with Crippen LogP contribution in [-0.4, -0.2) is 36.0 Å². The van der Waals surface area contributed by atoms with Crippen LogP contribution in [0.5, 0.6) is 0 Å². The van der Waals surface area contributed by atoms with Gasteiger partial charge in [-0.25, -0.2) is 0 Å². The van der Waals surface area contributed by atoms with Crippen LogP contribution in [0.15, 0.2) is 30.3 Å². The van der Waals surface area contributed by atoms with Gasteiger partial charge in [0.25, 0.3) is 5.91 Å². The lowest BCUT2D eigenvalue weighted by Crippen LogP contribution is -2.39. The van der Waals surface area contributed by atoms with Crippen LogP contribution in [0.2, 0.25) is 0 Å². The maximum atomic E-state index is 12.1. The summed E-state index contributed by atoms with van der Waals surface area (Å²) < 4.78 is 0. The number of nitrogens with one attached hydrogen (secondary N) is 1. The average molecular weight is 258 g/mol. The van der Waals surface area contributed by atoms with E-state index >= 15 is 0 Å². The van der Waals surface area contributed by atoms with E-state index in [0.29, 0.717) is 6.04 Å². The first kappa shape index (κ1) is 12.7. The molecular formula is C16H22N2O. The van der Waals surface area contributed by atoms with Crippen LogP contribution in [0.1, 0.15) is 42.5 Å². The molecule has 0 bridgehead atoms. The molecule has 1 amide bonds. The molecule has 1 saturated carbocycles. The van der Waals surface area contributed by atoms with Gasteiger partial charge in [-0.3, -0.25) is 9.69 Å². The molecule has 3 nitrogen and oxygen atoms in total. The van der Waals surface area contributed by atoms with Crippen molar-refractivity contribution in [3.05, 3.63) is 35.9 Å². The van der Waals surface area contributed by atoms with Gasteiger partial charge in [-0.2, -0.15) is 0 Å². The fourth-order valence-electron chi connectivity index (χ4n) is 3.36. The van der Waals surface area contributed by atoms with E-state index in [1.165, 1.54) is 25.7 Å². The number of carbonyl (C=O) groups is 1. The maximum Gasteiger partial charge on any atom is 0.251 e. The van der Waals surface area contributed by atoms with Gasteiger partial charge in [-0.05, 0) is 31.4 Å². The quantitative estimate of drug-likeness (QED) is 0.903. The molecule has 1 unspecified atom stereocenters. The van der Waals surface area contributed by atoms with Gasteiger partial charge >= 0.3 is 0 Å². The zero-order valence-corrected chi connectivity index (χ0v) is 11.3. The van der Waals surface area contributed by atoms with E-state index in [9.17, 15) is 4.79 Å². The summed E-state index contributed by atoms with van der Waals surface area (Å²) in [4.78, 5) is 14.7. The molecular weight excluding hydrogens is 236 g/mol. The van der Waals surface area contributed by atoms with Crippen LogP contribution >= 0.6 is 0 Å². The van der Waals surface area contributed by atoms with Crippen molar-refractivity contribution in [1.82, 2.24) is 10.2 Å². The van der Waals surface area contributed by atoms with E-state index in [-0.39, 0.29) is 5.91 Å². The average Bonchev–Trinajstić information content (AvgIpc) is 3.10. The fraction of sp³-hybridized carbons (Fsp3) is 0.562. The Labute approximate surface area is 115 Å². The van der Waals surface area contributed by atoms with E-state index in [1.54, 1.807) is 0 Å². The predicted molar refractivity (Wildman–Crippen MR) is 76.1 cm³/mol. The highest BCUT2D eigenvalue weighted by Gasteiger charge is 2.30. The Balaban J connectivity index is 1.53. The van der Waals surface area contributed by atoms with Crippen LogP contribution in [0, 0.1) is 0 Å². The Morgan fingerprint density at radius 2 is 1.84 bits per heavy atom. The first-order chi connectivity index (χ1) is 9.33. The van der Waals surface area contributed by atoms with Crippen molar-refractivity contribution in [2.75, 3.05) is 13.1 Å². The summed E-state index contributed by atoms with van der Waals surface area (Å²) in [6, 6.07) is 10.6. The van der Waals surface area contributed by atoms with Crippen molar-refractivity contribution in [1.29, 1.82) is 0 Å². The van der Waals surface area contributed by atoms with Crippen molar-refractivity contribution >= 4 is 5.91 Å². The number of amides is 1. The van der Waals surface area contributed by atoms with E-state index in [1.807, 2.05) is 30.3 Å². The van der Waals surface area contributed by atoms with Crippen molar-refractivity contribution in [3.8, 4) is 0 Å². The summed E-state index contributed by atoms with van der Waals surface area (Å²) in [6.45, 7) is 2.17. The molecule has 1 heterocycles. The lowest BCUT2D eigenvalue weighted by atomic mass is 10.2. The van der Waals surface area contributed by atoms with E-state index < -0.39 is 0 Å². The highest BCUT2D eigenvalue weighted by atomic mass is 16.1. The lowest BCUT2D eigenvalue weighted by molar-refractivity contribution is 0.0936. The molecule has 1 aliphatic carbocycles. The topological polar surface area (TPSA) is 32.3 Å². The summed E-state index contributed by atoms with van der Waals surface area (Å²) >= 11 is 0. The van der Waals surface area contributed by atoms with Gasteiger partial charge < -0.3 is 5.32 Å². The Kier molecular flexibility index (Phi) is 3.83. The largest absolute Gasteiger partial charge is 0.348 e. The molecule has 0 spiro atoms. The first-order valence-corrected chi connectivity index (χ1v) is 7.43. The zero-order valence-electron chi connectivity index (χ0n) is 11.3. The highest BCUT2D eigenvalue weighted by molar-refractivity contribution is 5.94. The van der Waals surface area contributed by atoms with Crippen molar-refractivity contribution < 1.29 is 4.79 Å².